The minimum atomic E-state index is -1.27. The third-order valence-corrected chi connectivity index (χ3v) is 1.70. The summed E-state index contributed by atoms with van der Waals surface area (Å²) in [5.74, 6) is -3.35. The fraction of sp³-hybridized carbons (Fsp3) is 0.222. The van der Waals surface area contributed by atoms with Crippen molar-refractivity contribution in [2.75, 3.05) is 6.54 Å². The number of carbonyl (C=O) groups is 3. The molecule has 0 fully saturated rings. The van der Waals surface area contributed by atoms with Gasteiger partial charge in [-0.15, -0.1) is 0 Å². The summed E-state index contributed by atoms with van der Waals surface area (Å²) < 4.78 is 0. The van der Waals surface area contributed by atoms with E-state index in [0.717, 1.165) is 12.3 Å². The van der Waals surface area contributed by atoms with Gasteiger partial charge in [0.25, 0.3) is 5.91 Å². The number of aromatic carboxylic acids is 1. The van der Waals surface area contributed by atoms with Crippen molar-refractivity contribution in [3.05, 3.63) is 23.8 Å². The summed E-state index contributed by atoms with van der Waals surface area (Å²) in [4.78, 5) is 39.2. The number of carboxylic acid groups (broad SMARTS) is 2. The maximum Gasteiger partial charge on any atom is 0.354 e. The average molecular weight is 239 g/mol. The Morgan fingerprint density at radius 2 is 2.00 bits per heavy atom. The Morgan fingerprint density at radius 3 is 2.59 bits per heavy atom. The minimum absolute atomic E-state index is 0.0746. The van der Waals surface area contributed by atoms with E-state index in [1.54, 1.807) is 0 Å². The van der Waals surface area contributed by atoms with Crippen molar-refractivity contribution in [3.8, 4) is 0 Å². The van der Waals surface area contributed by atoms with Crippen LogP contribution in [0.4, 0.5) is 0 Å². The molecule has 0 saturated carbocycles. The van der Waals surface area contributed by atoms with Crippen molar-refractivity contribution in [1.82, 2.24) is 15.3 Å². The van der Waals surface area contributed by atoms with Gasteiger partial charge < -0.3 is 15.5 Å². The van der Waals surface area contributed by atoms with Crippen molar-refractivity contribution >= 4 is 17.8 Å². The molecular weight excluding hydrogens is 230 g/mol. The van der Waals surface area contributed by atoms with E-state index >= 15 is 0 Å². The molecule has 0 aliphatic heterocycles. The SMILES string of the molecule is O=C(O)CCNC(=O)c1nccc(C(=O)O)n1. The van der Waals surface area contributed by atoms with Gasteiger partial charge in [0.05, 0.1) is 6.42 Å². The summed E-state index contributed by atoms with van der Waals surface area (Å²) in [7, 11) is 0. The largest absolute Gasteiger partial charge is 0.481 e. The van der Waals surface area contributed by atoms with E-state index in [9.17, 15) is 14.4 Å². The number of amides is 1. The lowest BCUT2D eigenvalue weighted by Crippen LogP contribution is -2.28. The predicted molar refractivity (Wildman–Crippen MR) is 53.6 cm³/mol. The van der Waals surface area contributed by atoms with Crippen LogP contribution in [0.3, 0.4) is 0 Å². The Morgan fingerprint density at radius 1 is 1.29 bits per heavy atom. The van der Waals surface area contributed by atoms with Crippen LogP contribution in [0, 0.1) is 0 Å². The second kappa shape index (κ2) is 5.54. The van der Waals surface area contributed by atoms with Gasteiger partial charge in [0.1, 0.15) is 0 Å². The molecule has 0 aliphatic rings. The normalized spacial score (nSPS) is 9.65. The number of hydrogen-bond acceptors (Lipinski definition) is 5. The van der Waals surface area contributed by atoms with Gasteiger partial charge in [0, 0.05) is 12.7 Å². The summed E-state index contributed by atoms with van der Waals surface area (Å²) in [6.07, 6.45) is 0.910. The Balaban J connectivity index is 2.65. The van der Waals surface area contributed by atoms with Crippen molar-refractivity contribution in [1.29, 1.82) is 0 Å². The number of carbonyl (C=O) groups excluding carboxylic acids is 1. The first-order valence-electron chi connectivity index (χ1n) is 4.57. The highest BCUT2D eigenvalue weighted by molar-refractivity contribution is 5.92. The summed E-state index contributed by atoms with van der Waals surface area (Å²) in [5, 5.41) is 19.3. The van der Waals surface area contributed by atoms with E-state index in [-0.39, 0.29) is 24.5 Å². The molecule has 90 valence electrons. The molecule has 1 amide bonds. The first-order chi connectivity index (χ1) is 8.00. The van der Waals surface area contributed by atoms with Crippen LogP contribution in [0.15, 0.2) is 12.3 Å². The van der Waals surface area contributed by atoms with Crippen LogP contribution in [-0.4, -0.2) is 44.6 Å². The fourth-order valence-corrected chi connectivity index (χ4v) is 0.949. The Labute approximate surface area is 95.3 Å². The van der Waals surface area contributed by atoms with Crippen LogP contribution in [0.1, 0.15) is 27.5 Å². The number of hydrogen-bond donors (Lipinski definition) is 3. The topological polar surface area (TPSA) is 129 Å². The fourth-order valence-electron chi connectivity index (χ4n) is 0.949. The van der Waals surface area contributed by atoms with Gasteiger partial charge in [0.2, 0.25) is 5.82 Å². The van der Waals surface area contributed by atoms with E-state index in [2.05, 4.69) is 15.3 Å². The zero-order chi connectivity index (χ0) is 12.8. The Hall–Kier alpha value is -2.51. The van der Waals surface area contributed by atoms with Crippen LogP contribution in [-0.2, 0) is 4.79 Å². The second-order valence-electron chi connectivity index (χ2n) is 2.97. The highest BCUT2D eigenvalue weighted by atomic mass is 16.4. The van der Waals surface area contributed by atoms with Crippen LogP contribution in [0.2, 0.25) is 0 Å². The third-order valence-electron chi connectivity index (χ3n) is 1.70. The molecule has 0 aromatic carbocycles. The van der Waals surface area contributed by atoms with Crippen molar-refractivity contribution in [2.45, 2.75) is 6.42 Å². The zero-order valence-electron chi connectivity index (χ0n) is 8.58. The Bertz CT molecular complexity index is 460. The van der Waals surface area contributed by atoms with Crippen LogP contribution >= 0.6 is 0 Å². The highest BCUT2D eigenvalue weighted by Crippen LogP contribution is 1.95. The molecule has 1 rings (SSSR count). The molecule has 17 heavy (non-hydrogen) atoms. The molecule has 1 aromatic heterocycles. The van der Waals surface area contributed by atoms with Gasteiger partial charge >= 0.3 is 11.9 Å². The van der Waals surface area contributed by atoms with E-state index in [4.69, 9.17) is 10.2 Å². The lowest BCUT2D eigenvalue weighted by molar-refractivity contribution is -0.136. The molecule has 0 atom stereocenters. The number of carboxylic acids is 2. The summed E-state index contributed by atoms with van der Waals surface area (Å²) >= 11 is 0. The standard InChI is InChI=1S/C9H9N3O5/c13-6(14)2-4-11-8(15)7-10-3-1-5(12-7)9(16)17/h1,3H,2,4H2,(H,11,15)(H,13,14)(H,16,17). The maximum atomic E-state index is 11.4. The zero-order valence-corrected chi connectivity index (χ0v) is 8.58. The Kier molecular flexibility index (Phi) is 4.09. The molecule has 8 nitrogen and oxygen atoms in total. The van der Waals surface area contributed by atoms with Gasteiger partial charge in [-0.25, -0.2) is 14.8 Å². The molecule has 0 aliphatic carbocycles. The lowest BCUT2D eigenvalue weighted by atomic mass is 10.4. The maximum absolute atomic E-state index is 11.4. The van der Waals surface area contributed by atoms with E-state index < -0.39 is 17.8 Å². The molecular formula is C9H9N3O5. The number of nitrogens with one attached hydrogen (secondary N) is 1. The molecule has 0 bridgehead atoms. The molecule has 3 N–H and O–H groups in total. The van der Waals surface area contributed by atoms with Crippen molar-refractivity contribution < 1.29 is 24.6 Å². The van der Waals surface area contributed by atoms with Gasteiger partial charge in [0.15, 0.2) is 5.69 Å². The van der Waals surface area contributed by atoms with Crippen LogP contribution in [0.5, 0.6) is 0 Å². The molecule has 0 spiro atoms. The number of aliphatic carboxylic acids is 1. The number of rotatable bonds is 5. The monoisotopic (exact) mass is 239 g/mol. The summed E-state index contributed by atoms with van der Waals surface area (Å²) in [5.41, 5.74) is -0.302. The van der Waals surface area contributed by atoms with Gasteiger partial charge in [-0.1, -0.05) is 0 Å². The second-order valence-corrected chi connectivity index (χ2v) is 2.97. The molecule has 1 aromatic rings. The quantitative estimate of drug-likeness (QED) is 0.624. The smallest absolute Gasteiger partial charge is 0.354 e. The van der Waals surface area contributed by atoms with E-state index in [0.29, 0.717) is 0 Å². The first kappa shape index (κ1) is 12.6. The minimum Gasteiger partial charge on any atom is -0.481 e. The molecule has 1 heterocycles. The molecule has 0 unspecified atom stereocenters. The van der Waals surface area contributed by atoms with Crippen molar-refractivity contribution in [2.24, 2.45) is 0 Å². The first-order valence-corrected chi connectivity index (χ1v) is 4.57. The van der Waals surface area contributed by atoms with E-state index in [1.807, 2.05) is 0 Å². The number of nitrogens with zero attached hydrogens (tertiary/aromatic N) is 2. The van der Waals surface area contributed by atoms with E-state index in [1.165, 1.54) is 0 Å². The van der Waals surface area contributed by atoms with Gasteiger partial charge in [-0.3, -0.25) is 9.59 Å². The molecule has 0 radical (unpaired) electrons. The van der Waals surface area contributed by atoms with Gasteiger partial charge in [-0.05, 0) is 6.07 Å². The average Bonchev–Trinajstić information content (AvgIpc) is 2.28. The molecule has 0 saturated heterocycles. The molecule has 8 heteroatoms. The van der Waals surface area contributed by atoms with Crippen molar-refractivity contribution in [3.63, 3.8) is 0 Å². The predicted octanol–water partition coefficient (Wildman–Crippen LogP) is -0.621. The highest BCUT2D eigenvalue weighted by Gasteiger charge is 2.12. The number of aromatic nitrogens is 2. The van der Waals surface area contributed by atoms with Crippen LogP contribution < -0.4 is 5.32 Å². The lowest BCUT2D eigenvalue weighted by Gasteiger charge is -2.02. The van der Waals surface area contributed by atoms with Crippen LogP contribution in [0.25, 0.3) is 0 Å². The summed E-state index contributed by atoms with van der Waals surface area (Å²) in [6.45, 7) is -0.0746. The van der Waals surface area contributed by atoms with Gasteiger partial charge in [-0.2, -0.15) is 0 Å². The summed E-state index contributed by atoms with van der Waals surface area (Å²) in [6, 6.07) is 1.15. The third kappa shape index (κ3) is 3.86.